The molecule has 0 aromatic heterocycles. The van der Waals surface area contributed by atoms with Crippen molar-refractivity contribution in [2.75, 3.05) is 25.4 Å². The first-order valence-corrected chi connectivity index (χ1v) is 8.25. The van der Waals surface area contributed by atoms with Crippen molar-refractivity contribution in [1.29, 1.82) is 0 Å². The topological polar surface area (TPSA) is 37.4 Å². The molecule has 1 aromatic rings. The second-order valence-corrected chi connectivity index (χ2v) is 6.53. The molecular weight excluding hydrogens is 246 g/mol. The van der Waals surface area contributed by atoms with Crippen molar-refractivity contribution in [2.24, 2.45) is 0 Å². The molecule has 4 heteroatoms. The van der Waals surface area contributed by atoms with Crippen molar-refractivity contribution < 1.29 is 8.42 Å². The van der Waals surface area contributed by atoms with Crippen molar-refractivity contribution in [3.05, 3.63) is 30.3 Å². The van der Waals surface area contributed by atoms with Crippen LogP contribution in [0.2, 0.25) is 0 Å². The Morgan fingerprint density at radius 3 is 2.28 bits per heavy atom. The number of benzene rings is 1. The van der Waals surface area contributed by atoms with E-state index in [0.717, 1.165) is 25.9 Å². The quantitative estimate of drug-likeness (QED) is 0.728. The molecule has 0 spiro atoms. The van der Waals surface area contributed by atoms with Crippen LogP contribution in [-0.4, -0.2) is 38.7 Å². The number of hydrogen-bond donors (Lipinski definition) is 0. The fourth-order valence-electron chi connectivity index (χ4n) is 1.80. The maximum absolute atomic E-state index is 12.1. The molecule has 0 saturated carbocycles. The zero-order valence-electron chi connectivity index (χ0n) is 11.3. The smallest absolute Gasteiger partial charge is 0.179 e. The van der Waals surface area contributed by atoms with E-state index >= 15 is 0 Å². The maximum Gasteiger partial charge on any atom is 0.179 e. The molecule has 0 aliphatic heterocycles. The fraction of sp³-hybridized carbons (Fsp3) is 0.571. The zero-order valence-corrected chi connectivity index (χ0v) is 12.1. The van der Waals surface area contributed by atoms with Crippen LogP contribution in [0.3, 0.4) is 0 Å². The first-order chi connectivity index (χ1) is 8.60. The van der Waals surface area contributed by atoms with Crippen molar-refractivity contribution in [3.8, 4) is 0 Å². The average Bonchev–Trinajstić information content (AvgIpc) is 2.40. The highest BCUT2D eigenvalue weighted by atomic mass is 32.2. The average molecular weight is 269 g/mol. The van der Waals surface area contributed by atoms with Gasteiger partial charge < -0.3 is 4.90 Å². The van der Waals surface area contributed by atoms with Gasteiger partial charge in [0.1, 0.15) is 0 Å². The molecule has 0 atom stereocenters. The third kappa shape index (κ3) is 4.78. The van der Waals surface area contributed by atoms with E-state index in [1.807, 2.05) is 6.07 Å². The predicted molar refractivity (Wildman–Crippen MR) is 75.5 cm³/mol. The molecule has 0 saturated heterocycles. The molecule has 0 aliphatic carbocycles. The Morgan fingerprint density at radius 1 is 1.06 bits per heavy atom. The van der Waals surface area contributed by atoms with E-state index in [2.05, 4.69) is 18.7 Å². The van der Waals surface area contributed by atoms with Crippen LogP contribution < -0.4 is 0 Å². The van der Waals surface area contributed by atoms with Crippen LogP contribution >= 0.6 is 0 Å². The molecule has 18 heavy (non-hydrogen) atoms. The van der Waals surface area contributed by atoms with Crippen molar-refractivity contribution in [2.45, 2.75) is 31.6 Å². The lowest BCUT2D eigenvalue weighted by molar-refractivity contribution is 0.299. The molecule has 1 aromatic carbocycles. The van der Waals surface area contributed by atoms with E-state index < -0.39 is 9.84 Å². The summed E-state index contributed by atoms with van der Waals surface area (Å²) >= 11 is 0. The molecule has 0 unspecified atom stereocenters. The highest BCUT2D eigenvalue weighted by molar-refractivity contribution is 7.91. The van der Waals surface area contributed by atoms with Gasteiger partial charge in [-0.3, -0.25) is 0 Å². The molecule has 102 valence electrons. The van der Waals surface area contributed by atoms with E-state index in [4.69, 9.17) is 0 Å². The Bertz CT molecular complexity index is 428. The standard InChI is InChI=1S/C14H23NO2S/c1-3-5-11-15(4-2)12-13-18(16,17)14-9-7-6-8-10-14/h6-10H,3-5,11-13H2,1-2H3. The summed E-state index contributed by atoms with van der Waals surface area (Å²) in [5.41, 5.74) is 0. The van der Waals surface area contributed by atoms with Crippen LogP contribution in [0.1, 0.15) is 26.7 Å². The SMILES string of the molecule is CCCCN(CC)CCS(=O)(=O)c1ccccc1. The van der Waals surface area contributed by atoms with Gasteiger partial charge in [-0.1, -0.05) is 38.5 Å². The Balaban J connectivity index is 2.56. The number of unbranched alkanes of at least 4 members (excludes halogenated alkanes) is 1. The molecule has 3 nitrogen and oxygen atoms in total. The van der Waals surface area contributed by atoms with Crippen LogP contribution in [0.25, 0.3) is 0 Å². The largest absolute Gasteiger partial charge is 0.303 e. The van der Waals surface area contributed by atoms with Gasteiger partial charge in [-0.05, 0) is 31.6 Å². The van der Waals surface area contributed by atoms with Gasteiger partial charge in [0.2, 0.25) is 0 Å². The van der Waals surface area contributed by atoms with Crippen molar-refractivity contribution in [3.63, 3.8) is 0 Å². The maximum atomic E-state index is 12.1. The summed E-state index contributed by atoms with van der Waals surface area (Å²) in [6, 6.07) is 8.69. The summed E-state index contributed by atoms with van der Waals surface area (Å²) in [4.78, 5) is 2.63. The Morgan fingerprint density at radius 2 is 1.72 bits per heavy atom. The van der Waals surface area contributed by atoms with Crippen LogP contribution in [0.5, 0.6) is 0 Å². The minimum Gasteiger partial charge on any atom is -0.303 e. The molecule has 0 bridgehead atoms. The monoisotopic (exact) mass is 269 g/mol. The zero-order chi connectivity index (χ0) is 13.4. The van der Waals surface area contributed by atoms with E-state index in [1.54, 1.807) is 24.3 Å². The van der Waals surface area contributed by atoms with E-state index in [1.165, 1.54) is 0 Å². The summed E-state index contributed by atoms with van der Waals surface area (Å²) in [6.07, 6.45) is 2.27. The first-order valence-electron chi connectivity index (χ1n) is 6.60. The molecule has 1 rings (SSSR count). The lowest BCUT2D eigenvalue weighted by atomic mass is 10.3. The fourth-order valence-corrected chi connectivity index (χ4v) is 3.11. The van der Waals surface area contributed by atoms with Crippen molar-refractivity contribution in [1.82, 2.24) is 4.90 Å². The second-order valence-electron chi connectivity index (χ2n) is 4.42. The van der Waals surface area contributed by atoms with Gasteiger partial charge in [-0.15, -0.1) is 0 Å². The van der Waals surface area contributed by atoms with Gasteiger partial charge in [0.25, 0.3) is 0 Å². The Hall–Kier alpha value is -0.870. The number of nitrogens with zero attached hydrogens (tertiary/aromatic N) is 1. The lowest BCUT2D eigenvalue weighted by Gasteiger charge is -2.19. The minimum absolute atomic E-state index is 0.203. The summed E-state index contributed by atoms with van der Waals surface area (Å²) in [5.74, 6) is 0.203. The summed E-state index contributed by atoms with van der Waals surface area (Å²) < 4.78 is 24.2. The Labute approximate surface area is 111 Å². The Kier molecular flexibility index (Phi) is 6.36. The molecular formula is C14H23NO2S. The number of hydrogen-bond acceptors (Lipinski definition) is 3. The van der Waals surface area contributed by atoms with Crippen LogP contribution in [0.4, 0.5) is 0 Å². The summed E-state index contributed by atoms with van der Waals surface area (Å²) in [5, 5.41) is 0. The molecule has 0 aliphatic rings. The summed E-state index contributed by atoms with van der Waals surface area (Å²) in [6.45, 7) is 6.73. The van der Waals surface area contributed by atoms with Crippen LogP contribution in [0.15, 0.2) is 35.2 Å². The lowest BCUT2D eigenvalue weighted by Crippen LogP contribution is -2.30. The summed E-state index contributed by atoms with van der Waals surface area (Å²) in [7, 11) is -3.13. The van der Waals surface area contributed by atoms with Gasteiger partial charge >= 0.3 is 0 Å². The van der Waals surface area contributed by atoms with Gasteiger partial charge in [0, 0.05) is 6.54 Å². The van der Waals surface area contributed by atoms with E-state index in [0.29, 0.717) is 11.4 Å². The third-order valence-corrected chi connectivity index (χ3v) is 4.76. The molecule has 0 heterocycles. The molecule has 0 amide bonds. The van der Waals surface area contributed by atoms with Gasteiger partial charge in [-0.2, -0.15) is 0 Å². The van der Waals surface area contributed by atoms with Gasteiger partial charge in [0.05, 0.1) is 10.6 Å². The van der Waals surface area contributed by atoms with Crippen molar-refractivity contribution >= 4 is 9.84 Å². The molecule has 0 radical (unpaired) electrons. The third-order valence-electron chi connectivity index (χ3n) is 3.05. The van der Waals surface area contributed by atoms with Gasteiger partial charge in [0.15, 0.2) is 9.84 Å². The second kappa shape index (κ2) is 7.54. The first kappa shape index (κ1) is 15.2. The highest BCUT2D eigenvalue weighted by Crippen LogP contribution is 2.10. The normalized spacial score (nSPS) is 11.9. The molecule has 0 N–H and O–H groups in total. The van der Waals surface area contributed by atoms with Crippen LogP contribution in [-0.2, 0) is 9.84 Å². The number of rotatable bonds is 8. The van der Waals surface area contributed by atoms with Gasteiger partial charge in [-0.25, -0.2) is 8.42 Å². The predicted octanol–water partition coefficient (Wildman–Crippen LogP) is 2.58. The van der Waals surface area contributed by atoms with Crippen LogP contribution in [0, 0.1) is 0 Å². The van der Waals surface area contributed by atoms with E-state index in [-0.39, 0.29) is 5.75 Å². The molecule has 0 fully saturated rings. The number of sulfone groups is 1. The highest BCUT2D eigenvalue weighted by Gasteiger charge is 2.15. The van der Waals surface area contributed by atoms with E-state index in [9.17, 15) is 8.42 Å². The minimum atomic E-state index is -3.13.